The fourth-order valence-corrected chi connectivity index (χ4v) is 1.72. The first-order chi connectivity index (χ1) is 8.26. The molecule has 1 atom stereocenters. The van der Waals surface area contributed by atoms with E-state index in [4.69, 9.17) is 22.1 Å². The number of hydrogen-bond acceptors (Lipinski definition) is 3. The molecule has 0 radical (unpaired) electrons. The zero-order valence-electron chi connectivity index (χ0n) is 11.1. The average Bonchev–Trinajstić information content (AvgIpc) is 2.18. The van der Waals surface area contributed by atoms with Gasteiger partial charge in [0, 0.05) is 11.1 Å². The first-order valence-electron chi connectivity index (χ1n) is 5.98. The number of carbonyl (C=O) groups is 1. The van der Waals surface area contributed by atoms with Crippen molar-refractivity contribution >= 4 is 17.6 Å². The molecule has 100 valence electrons. The van der Waals surface area contributed by atoms with Gasteiger partial charge in [-0.05, 0) is 44.9 Å². The van der Waals surface area contributed by atoms with Gasteiger partial charge in [0.25, 0.3) is 0 Å². The molecule has 0 aliphatic carbocycles. The lowest BCUT2D eigenvalue weighted by molar-refractivity contribution is -0.155. The van der Waals surface area contributed by atoms with Gasteiger partial charge in [-0.3, -0.25) is 4.79 Å². The molecule has 0 saturated heterocycles. The van der Waals surface area contributed by atoms with E-state index < -0.39 is 5.60 Å². The molecule has 18 heavy (non-hydrogen) atoms. The maximum atomic E-state index is 11.6. The molecule has 1 aromatic carbocycles. The second kappa shape index (κ2) is 6.21. The Balaban J connectivity index is 2.44. The topological polar surface area (TPSA) is 52.3 Å². The van der Waals surface area contributed by atoms with Crippen molar-refractivity contribution < 1.29 is 9.53 Å². The van der Waals surface area contributed by atoms with Crippen LogP contribution in [-0.4, -0.2) is 17.6 Å². The minimum absolute atomic E-state index is 0.222. The second-order valence-electron chi connectivity index (χ2n) is 5.38. The molecule has 2 N–H and O–H groups in total. The van der Waals surface area contributed by atoms with E-state index >= 15 is 0 Å². The van der Waals surface area contributed by atoms with Crippen molar-refractivity contribution in [3.8, 4) is 0 Å². The highest BCUT2D eigenvalue weighted by atomic mass is 35.5. The third-order valence-corrected chi connectivity index (χ3v) is 2.51. The Morgan fingerprint density at radius 2 is 1.89 bits per heavy atom. The number of ether oxygens (including phenoxy) is 1. The third kappa shape index (κ3) is 6.03. The zero-order chi connectivity index (χ0) is 13.8. The molecule has 0 aromatic heterocycles. The van der Waals surface area contributed by atoms with Crippen LogP contribution in [0.1, 0.15) is 32.8 Å². The Kier molecular flexibility index (Phi) is 5.17. The molecule has 0 aliphatic heterocycles. The van der Waals surface area contributed by atoms with Crippen LogP contribution in [-0.2, 0) is 16.0 Å². The predicted molar refractivity (Wildman–Crippen MR) is 73.6 cm³/mol. The van der Waals surface area contributed by atoms with E-state index in [9.17, 15) is 4.79 Å². The Bertz CT molecular complexity index is 395. The van der Waals surface area contributed by atoms with Crippen LogP contribution in [0.25, 0.3) is 0 Å². The molecule has 0 amide bonds. The lowest BCUT2D eigenvalue weighted by Gasteiger charge is -2.21. The minimum atomic E-state index is -0.461. The number of nitrogens with two attached hydrogens (primary N) is 1. The van der Waals surface area contributed by atoms with Crippen LogP contribution in [0.3, 0.4) is 0 Å². The predicted octanol–water partition coefficient (Wildman–Crippen LogP) is 2.94. The van der Waals surface area contributed by atoms with Crippen LogP contribution in [0.5, 0.6) is 0 Å². The molecule has 1 rings (SSSR count). The van der Waals surface area contributed by atoms with Gasteiger partial charge in [0.1, 0.15) is 5.60 Å². The quantitative estimate of drug-likeness (QED) is 0.855. The largest absolute Gasteiger partial charge is 0.460 e. The molecule has 3 nitrogen and oxygen atoms in total. The van der Waals surface area contributed by atoms with E-state index in [1.54, 1.807) is 0 Å². The highest BCUT2D eigenvalue weighted by molar-refractivity contribution is 6.30. The van der Waals surface area contributed by atoms with Gasteiger partial charge in [-0.2, -0.15) is 0 Å². The second-order valence-corrected chi connectivity index (χ2v) is 5.82. The molecule has 4 heteroatoms. The number of rotatable bonds is 4. The van der Waals surface area contributed by atoms with Gasteiger partial charge in [-0.15, -0.1) is 0 Å². The normalized spacial score (nSPS) is 13.2. The fraction of sp³-hybridized carbons (Fsp3) is 0.500. The van der Waals surface area contributed by atoms with E-state index in [0.717, 1.165) is 5.56 Å². The summed E-state index contributed by atoms with van der Waals surface area (Å²) in [7, 11) is 0. The Labute approximate surface area is 113 Å². The van der Waals surface area contributed by atoms with E-state index in [0.29, 0.717) is 11.4 Å². The fourth-order valence-electron chi connectivity index (χ4n) is 1.59. The molecule has 0 heterocycles. The van der Waals surface area contributed by atoms with Gasteiger partial charge in [0.15, 0.2) is 0 Å². The van der Waals surface area contributed by atoms with Gasteiger partial charge in [0.05, 0.1) is 6.42 Å². The maximum absolute atomic E-state index is 11.6. The summed E-state index contributed by atoms with van der Waals surface area (Å²) in [4.78, 5) is 11.6. The summed E-state index contributed by atoms with van der Waals surface area (Å²) < 4.78 is 5.23. The van der Waals surface area contributed by atoms with Crippen LogP contribution in [0.4, 0.5) is 0 Å². The number of carbonyl (C=O) groups excluding carboxylic acids is 1. The lowest BCUT2D eigenvalue weighted by Crippen LogP contribution is -2.31. The van der Waals surface area contributed by atoms with Gasteiger partial charge in [0.2, 0.25) is 0 Å². The van der Waals surface area contributed by atoms with Crippen molar-refractivity contribution in [3.63, 3.8) is 0 Å². The SMILES string of the molecule is CC(C)(C)OC(=O)CC(N)Cc1ccc(Cl)cc1. The first-order valence-corrected chi connectivity index (χ1v) is 6.36. The zero-order valence-corrected chi connectivity index (χ0v) is 11.8. The Hall–Kier alpha value is -1.06. The summed E-state index contributed by atoms with van der Waals surface area (Å²) >= 11 is 5.80. The first kappa shape index (κ1) is 15.0. The van der Waals surface area contributed by atoms with E-state index in [1.165, 1.54) is 0 Å². The monoisotopic (exact) mass is 269 g/mol. The van der Waals surface area contributed by atoms with Gasteiger partial charge >= 0.3 is 5.97 Å². The standard InChI is InChI=1S/C14H20ClNO2/c1-14(2,3)18-13(17)9-12(16)8-10-4-6-11(15)7-5-10/h4-7,12H,8-9,16H2,1-3H3. The molecule has 0 bridgehead atoms. The summed E-state index contributed by atoms with van der Waals surface area (Å²) in [5.41, 5.74) is 6.53. The van der Waals surface area contributed by atoms with Crippen molar-refractivity contribution in [1.29, 1.82) is 0 Å². The van der Waals surface area contributed by atoms with Crippen molar-refractivity contribution in [3.05, 3.63) is 34.9 Å². The molecule has 1 unspecified atom stereocenters. The van der Waals surface area contributed by atoms with Crippen LogP contribution in [0.2, 0.25) is 5.02 Å². The highest BCUT2D eigenvalue weighted by Crippen LogP contribution is 2.13. The van der Waals surface area contributed by atoms with Gasteiger partial charge in [-0.1, -0.05) is 23.7 Å². The van der Waals surface area contributed by atoms with E-state index in [1.807, 2.05) is 45.0 Å². The van der Waals surface area contributed by atoms with Gasteiger partial charge < -0.3 is 10.5 Å². The molecule has 0 aliphatic rings. The summed E-state index contributed by atoms with van der Waals surface area (Å²) in [6.45, 7) is 5.53. The van der Waals surface area contributed by atoms with Crippen molar-refractivity contribution in [2.75, 3.05) is 0 Å². The molecular weight excluding hydrogens is 250 g/mol. The number of halogens is 1. The summed E-state index contributed by atoms with van der Waals surface area (Å²) in [6.07, 6.45) is 0.857. The molecular formula is C14H20ClNO2. The lowest BCUT2D eigenvalue weighted by atomic mass is 10.0. The van der Waals surface area contributed by atoms with Gasteiger partial charge in [-0.25, -0.2) is 0 Å². The number of hydrogen-bond donors (Lipinski definition) is 1. The van der Waals surface area contributed by atoms with Crippen molar-refractivity contribution in [2.24, 2.45) is 5.73 Å². The van der Waals surface area contributed by atoms with Crippen LogP contribution in [0, 0.1) is 0 Å². The van der Waals surface area contributed by atoms with E-state index in [-0.39, 0.29) is 18.4 Å². The highest BCUT2D eigenvalue weighted by Gasteiger charge is 2.18. The molecule has 0 spiro atoms. The smallest absolute Gasteiger partial charge is 0.307 e. The number of esters is 1. The number of benzene rings is 1. The summed E-state index contributed by atoms with van der Waals surface area (Å²) in [5, 5.41) is 0.694. The van der Waals surface area contributed by atoms with Crippen molar-refractivity contribution in [1.82, 2.24) is 0 Å². The average molecular weight is 270 g/mol. The van der Waals surface area contributed by atoms with Crippen LogP contribution >= 0.6 is 11.6 Å². The maximum Gasteiger partial charge on any atom is 0.307 e. The molecule has 0 fully saturated rings. The van der Waals surface area contributed by atoms with Crippen LogP contribution in [0.15, 0.2) is 24.3 Å². The van der Waals surface area contributed by atoms with E-state index in [2.05, 4.69) is 0 Å². The molecule has 0 saturated carbocycles. The van der Waals surface area contributed by atoms with Crippen molar-refractivity contribution in [2.45, 2.75) is 45.3 Å². The Morgan fingerprint density at radius 3 is 2.39 bits per heavy atom. The molecule has 1 aromatic rings. The minimum Gasteiger partial charge on any atom is -0.460 e. The third-order valence-electron chi connectivity index (χ3n) is 2.26. The summed E-state index contributed by atoms with van der Waals surface area (Å²) in [5.74, 6) is -0.260. The summed E-state index contributed by atoms with van der Waals surface area (Å²) in [6, 6.07) is 7.23. The van der Waals surface area contributed by atoms with Crippen LogP contribution < -0.4 is 5.73 Å². The Morgan fingerprint density at radius 1 is 1.33 bits per heavy atom.